The molecule has 2 aliphatic rings. The summed E-state index contributed by atoms with van der Waals surface area (Å²) in [6.07, 6.45) is -0.863. The second-order valence-corrected chi connectivity index (χ2v) is 8.66. The normalized spacial score (nSPS) is 19.1. The Balaban J connectivity index is 1.42. The minimum absolute atomic E-state index is 0.0261. The van der Waals surface area contributed by atoms with E-state index in [2.05, 4.69) is 16.8 Å². The molecule has 34 heavy (non-hydrogen) atoms. The maximum absolute atomic E-state index is 13.5. The molecule has 2 aliphatic heterocycles. The lowest BCUT2D eigenvalue weighted by Crippen LogP contribution is -2.48. The summed E-state index contributed by atoms with van der Waals surface area (Å²) in [6.45, 7) is 4.82. The smallest absolute Gasteiger partial charge is 0.353 e. The van der Waals surface area contributed by atoms with Crippen molar-refractivity contribution in [3.63, 3.8) is 0 Å². The summed E-state index contributed by atoms with van der Waals surface area (Å²) < 4.78 is 40.4. The number of alkyl halides is 3. The van der Waals surface area contributed by atoms with Crippen LogP contribution in [0.15, 0.2) is 48.7 Å². The quantitative estimate of drug-likeness (QED) is 0.566. The van der Waals surface area contributed by atoms with Crippen molar-refractivity contribution in [3.05, 3.63) is 54.2 Å². The maximum Gasteiger partial charge on any atom is 0.419 e. The molecule has 2 saturated heterocycles. The molecule has 0 aliphatic carbocycles. The zero-order chi connectivity index (χ0) is 23.7. The highest BCUT2D eigenvalue weighted by Gasteiger charge is 2.36. The topological polar surface area (TPSA) is 61.3 Å². The minimum Gasteiger partial charge on any atom is -0.353 e. The molecule has 2 fully saturated rings. The van der Waals surface area contributed by atoms with Gasteiger partial charge >= 0.3 is 6.18 Å². The van der Waals surface area contributed by atoms with Gasteiger partial charge in [0.05, 0.1) is 5.56 Å². The van der Waals surface area contributed by atoms with Crippen LogP contribution < -0.4 is 14.7 Å². The van der Waals surface area contributed by atoms with Gasteiger partial charge in [0, 0.05) is 50.5 Å². The molecule has 0 saturated carbocycles. The van der Waals surface area contributed by atoms with E-state index in [1.807, 2.05) is 35.2 Å². The summed E-state index contributed by atoms with van der Waals surface area (Å²) in [4.78, 5) is 24.2. The van der Waals surface area contributed by atoms with Crippen molar-refractivity contribution in [2.45, 2.75) is 32.0 Å². The monoisotopic (exact) mass is 469 g/mol. The van der Waals surface area contributed by atoms with Crippen molar-refractivity contribution in [1.82, 2.24) is 19.9 Å². The second-order valence-electron chi connectivity index (χ2n) is 8.66. The number of nitrogens with zero attached hydrogens (tertiary/aromatic N) is 7. The number of aromatic nitrogens is 4. The van der Waals surface area contributed by atoms with Crippen molar-refractivity contribution < 1.29 is 13.2 Å². The van der Waals surface area contributed by atoms with Crippen LogP contribution >= 0.6 is 0 Å². The third kappa shape index (κ3) is 4.49. The molecule has 0 bridgehead atoms. The number of hydrogen-bond donors (Lipinski definition) is 0. The Morgan fingerprint density at radius 3 is 2.21 bits per heavy atom. The van der Waals surface area contributed by atoms with Gasteiger partial charge in [0.1, 0.15) is 5.82 Å². The highest BCUT2D eigenvalue weighted by atomic mass is 19.4. The van der Waals surface area contributed by atoms with E-state index in [0.29, 0.717) is 49.9 Å². The third-order valence-electron chi connectivity index (χ3n) is 6.41. The lowest BCUT2D eigenvalue weighted by Gasteiger charge is -2.36. The number of rotatable bonds is 4. The summed E-state index contributed by atoms with van der Waals surface area (Å²) in [5.41, 5.74) is 0.196. The Morgan fingerprint density at radius 2 is 1.53 bits per heavy atom. The first kappa shape index (κ1) is 22.4. The van der Waals surface area contributed by atoms with E-state index in [1.54, 1.807) is 4.90 Å². The van der Waals surface area contributed by atoms with Crippen LogP contribution in [0.5, 0.6) is 0 Å². The molecule has 1 aromatic carbocycles. The van der Waals surface area contributed by atoms with E-state index in [1.165, 1.54) is 12.3 Å². The molecule has 1 unspecified atom stereocenters. The zero-order valence-electron chi connectivity index (χ0n) is 18.9. The average molecular weight is 470 g/mol. The fraction of sp³-hybridized carbons (Fsp3) is 0.417. The summed E-state index contributed by atoms with van der Waals surface area (Å²) >= 11 is 0. The Labute approximate surface area is 196 Å². The molecule has 0 amide bonds. The van der Waals surface area contributed by atoms with Crippen LogP contribution in [0.4, 0.5) is 30.9 Å². The van der Waals surface area contributed by atoms with E-state index in [0.717, 1.165) is 31.0 Å². The molecular weight excluding hydrogens is 443 g/mol. The number of halogens is 3. The molecule has 178 valence electrons. The molecule has 7 nitrogen and oxygen atoms in total. The third-order valence-corrected chi connectivity index (χ3v) is 6.41. The van der Waals surface area contributed by atoms with Crippen LogP contribution in [0, 0.1) is 0 Å². The molecular formula is C24H26F3N7. The second kappa shape index (κ2) is 9.08. The predicted octanol–water partition coefficient (Wildman–Crippen LogP) is 4.27. The number of hydrogen-bond acceptors (Lipinski definition) is 7. The van der Waals surface area contributed by atoms with Gasteiger partial charge in [0.25, 0.3) is 0 Å². The van der Waals surface area contributed by atoms with E-state index < -0.39 is 11.7 Å². The van der Waals surface area contributed by atoms with Crippen LogP contribution in [0.25, 0.3) is 11.4 Å². The Bertz CT molecular complexity index is 1130. The molecule has 0 radical (unpaired) electrons. The van der Waals surface area contributed by atoms with Gasteiger partial charge in [-0.15, -0.1) is 0 Å². The summed E-state index contributed by atoms with van der Waals surface area (Å²) in [5, 5.41) is 0. The van der Waals surface area contributed by atoms with Crippen LogP contribution in [0.2, 0.25) is 0 Å². The van der Waals surface area contributed by atoms with Crippen LogP contribution in [-0.4, -0.2) is 58.7 Å². The van der Waals surface area contributed by atoms with Gasteiger partial charge in [-0.2, -0.15) is 28.1 Å². The highest BCUT2D eigenvalue weighted by Crippen LogP contribution is 2.35. The fourth-order valence-electron chi connectivity index (χ4n) is 4.56. The van der Waals surface area contributed by atoms with Gasteiger partial charge in [-0.3, -0.25) is 0 Å². The molecule has 0 spiro atoms. The average Bonchev–Trinajstić information content (AvgIpc) is 3.30. The summed E-state index contributed by atoms with van der Waals surface area (Å²) in [7, 11) is 0. The zero-order valence-corrected chi connectivity index (χ0v) is 18.9. The molecule has 10 heteroatoms. The largest absolute Gasteiger partial charge is 0.419 e. The van der Waals surface area contributed by atoms with Gasteiger partial charge < -0.3 is 14.7 Å². The van der Waals surface area contributed by atoms with Crippen LogP contribution in [0.1, 0.15) is 25.3 Å². The van der Waals surface area contributed by atoms with Gasteiger partial charge in [-0.25, -0.2) is 4.98 Å². The Kier molecular flexibility index (Phi) is 5.97. The van der Waals surface area contributed by atoms with Crippen LogP contribution in [-0.2, 0) is 6.18 Å². The van der Waals surface area contributed by atoms with Gasteiger partial charge in [-0.1, -0.05) is 30.3 Å². The van der Waals surface area contributed by atoms with E-state index >= 15 is 0 Å². The van der Waals surface area contributed by atoms with Crippen molar-refractivity contribution in [2.24, 2.45) is 0 Å². The van der Waals surface area contributed by atoms with Crippen molar-refractivity contribution in [2.75, 3.05) is 47.4 Å². The maximum atomic E-state index is 13.5. The molecule has 5 rings (SSSR count). The van der Waals surface area contributed by atoms with E-state index in [4.69, 9.17) is 15.0 Å². The lowest BCUT2D eigenvalue weighted by molar-refractivity contribution is -0.137. The molecule has 0 N–H and O–H groups in total. The number of anilines is 3. The molecule has 3 aromatic rings. The van der Waals surface area contributed by atoms with Crippen molar-refractivity contribution in [3.8, 4) is 11.4 Å². The van der Waals surface area contributed by atoms with Gasteiger partial charge in [0.2, 0.25) is 11.9 Å². The predicted molar refractivity (Wildman–Crippen MR) is 125 cm³/mol. The molecule has 1 atom stereocenters. The lowest BCUT2D eigenvalue weighted by atomic mass is 10.2. The SMILES string of the molecule is CC1CCCN1c1nc(-c2ccccc2)nc(N2CCN(c3ncccc3C(F)(F)F)CC2)n1. The van der Waals surface area contributed by atoms with Crippen molar-refractivity contribution in [1.29, 1.82) is 0 Å². The highest BCUT2D eigenvalue weighted by molar-refractivity contribution is 5.59. The first-order valence-electron chi connectivity index (χ1n) is 11.5. The molecule has 4 heterocycles. The van der Waals surface area contributed by atoms with E-state index in [9.17, 15) is 13.2 Å². The van der Waals surface area contributed by atoms with E-state index in [-0.39, 0.29) is 5.82 Å². The summed E-state index contributed by atoms with van der Waals surface area (Å²) in [5.74, 6) is 1.79. The number of pyridine rings is 1. The fourth-order valence-corrected chi connectivity index (χ4v) is 4.56. The number of benzene rings is 1. The Hall–Kier alpha value is -3.43. The summed E-state index contributed by atoms with van der Waals surface area (Å²) in [6, 6.07) is 12.5. The van der Waals surface area contributed by atoms with Gasteiger partial charge in [-0.05, 0) is 31.9 Å². The van der Waals surface area contributed by atoms with Crippen LogP contribution in [0.3, 0.4) is 0 Å². The Morgan fingerprint density at radius 1 is 0.824 bits per heavy atom. The minimum atomic E-state index is -4.44. The molecule has 2 aromatic heterocycles. The standard InChI is InChI=1S/C24H26F3N7/c1-17-7-6-12-34(17)23-30-20(18-8-3-2-4-9-18)29-22(31-23)33-15-13-32(14-16-33)21-19(24(25,26)27)10-5-11-28-21/h2-5,8-11,17H,6-7,12-16H2,1H3. The number of piperazine rings is 1. The van der Waals surface area contributed by atoms with Crippen molar-refractivity contribution >= 4 is 17.7 Å². The first-order valence-corrected chi connectivity index (χ1v) is 11.5. The first-order chi connectivity index (χ1) is 16.4. The van der Waals surface area contributed by atoms with Gasteiger partial charge in [0.15, 0.2) is 5.82 Å².